The van der Waals surface area contributed by atoms with Crippen LogP contribution < -0.4 is 0 Å². The van der Waals surface area contributed by atoms with Gasteiger partial charge in [-0.3, -0.25) is 4.99 Å². The summed E-state index contributed by atoms with van der Waals surface area (Å²) in [4.78, 5) is 10.7. The van der Waals surface area contributed by atoms with E-state index in [2.05, 4.69) is 181 Å². The lowest BCUT2D eigenvalue weighted by atomic mass is 9.85. The second-order valence-electron chi connectivity index (χ2n) is 14.2. The molecule has 0 saturated carbocycles. The summed E-state index contributed by atoms with van der Waals surface area (Å²) in [5, 5.41) is 9.51. The minimum Gasteiger partial charge on any atom is -0.456 e. The lowest BCUT2D eigenvalue weighted by Crippen LogP contribution is -2.26. The Labute approximate surface area is 306 Å². The molecule has 0 aliphatic carbocycles. The van der Waals surface area contributed by atoms with E-state index in [1.807, 2.05) is 0 Å². The molecule has 0 radical (unpaired) electrons. The third-order valence-electron chi connectivity index (χ3n) is 11.1. The Morgan fingerprint density at radius 1 is 0.491 bits per heavy atom. The Hall–Kier alpha value is -6.78. The van der Waals surface area contributed by atoms with Crippen molar-refractivity contribution in [1.29, 1.82) is 0 Å². The van der Waals surface area contributed by atoms with Crippen molar-refractivity contribution in [3.05, 3.63) is 187 Å². The zero-order valence-corrected chi connectivity index (χ0v) is 29.1. The zero-order valence-electron chi connectivity index (χ0n) is 29.1. The number of hydrogen-bond acceptors (Lipinski definition) is 3. The van der Waals surface area contributed by atoms with E-state index in [4.69, 9.17) is 14.4 Å². The average molecular weight is 680 g/mol. The molecule has 0 fully saturated rings. The molecule has 2 aromatic heterocycles. The molecule has 0 saturated heterocycles. The summed E-state index contributed by atoms with van der Waals surface area (Å²) in [6.45, 7) is 2.26. The van der Waals surface area contributed by atoms with Crippen LogP contribution in [0.4, 0.5) is 0 Å². The number of furan rings is 1. The average Bonchev–Trinajstić information content (AvgIpc) is 3.75. The maximum Gasteiger partial charge on any atom is 0.155 e. The van der Waals surface area contributed by atoms with Gasteiger partial charge in [-0.1, -0.05) is 122 Å². The van der Waals surface area contributed by atoms with Crippen LogP contribution >= 0.6 is 0 Å². The van der Waals surface area contributed by atoms with Crippen LogP contribution in [0.1, 0.15) is 29.7 Å². The Morgan fingerprint density at radius 2 is 1.13 bits per heavy atom. The first-order valence-electron chi connectivity index (χ1n) is 18.3. The number of hydrogen-bond donors (Lipinski definition) is 0. The van der Waals surface area contributed by atoms with E-state index < -0.39 is 0 Å². The molecular formula is C49H33N3O. The summed E-state index contributed by atoms with van der Waals surface area (Å²) in [5.41, 5.74) is 9.45. The second kappa shape index (κ2) is 11.6. The van der Waals surface area contributed by atoms with Crippen LogP contribution in [0.2, 0.25) is 0 Å². The van der Waals surface area contributed by atoms with Gasteiger partial charge in [0.2, 0.25) is 0 Å². The van der Waals surface area contributed by atoms with E-state index in [0.717, 1.165) is 50.3 Å². The van der Waals surface area contributed by atoms with E-state index in [0.29, 0.717) is 0 Å². The van der Waals surface area contributed by atoms with Gasteiger partial charge in [0.05, 0.1) is 22.8 Å². The summed E-state index contributed by atoms with van der Waals surface area (Å²) < 4.78 is 8.91. The molecule has 2 unspecified atom stereocenters. The van der Waals surface area contributed by atoms with Crippen molar-refractivity contribution in [2.24, 2.45) is 15.9 Å². The van der Waals surface area contributed by atoms with E-state index in [-0.39, 0.29) is 12.0 Å². The van der Waals surface area contributed by atoms with Gasteiger partial charge < -0.3 is 8.98 Å². The van der Waals surface area contributed by atoms with Crippen LogP contribution in [0, 0.1) is 5.92 Å². The first-order valence-corrected chi connectivity index (χ1v) is 18.3. The first kappa shape index (κ1) is 29.9. The van der Waals surface area contributed by atoms with Crippen molar-refractivity contribution in [3.8, 4) is 5.69 Å². The number of nitrogens with zero attached hydrogens (tertiary/aromatic N) is 3. The molecule has 4 nitrogen and oxygen atoms in total. The van der Waals surface area contributed by atoms with E-state index in [1.54, 1.807) is 0 Å². The molecule has 11 rings (SSSR count). The van der Waals surface area contributed by atoms with Gasteiger partial charge in [-0.25, -0.2) is 4.99 Å². The maximum absolute atomic E-state index is 6.56. The number of rotatable bonds is 4. The fourth-order valence-electron chi connectivity index (χ4n) is 8.45. The number of benzene rings is 8. The Kier molecular flexibility index (Phi) is 6.56. The maximum atomic E-state index is 6.56. The highest BCUT2D eigenvalue weighted by molar-refractivity contribution is 6.17. The number of amidine groups is 1. The molecular weight excluding hydrogens is 647 g/mol. The number of fused-ring (bicyclic) bond motifs is 8. The van der Waals surface area contributed by atoms with Crippen LogP contribution in [0.15, 0.2) is 184 Å². The highest BCUT2D eigenvalue weighted by Gasteiger charge is 2.30. The van der Waals surface area contributed by atoms with Gasteiger partial charge in [0.1, 0.15) is 11.2 Å². The van der Waals surface area contributed by atoms with Gasteiger partial charge in [-0.2, -0.15) is 0 Å². The lowest BCUT2D eigenvalue weighted by Gasteiger charge is -2.28. The number of aromatic nitrogens is 1. The van der Waals surface area contributed by atoms with E-state index >= 15 is 0 Å². The predicted molar refractivity (Wildman–Crippen MR) is 221 cm³/mol. The highest BCUT2D eigenvalue weighted by Crippen LogP contribution is 2.38. The minimum atomic E-state index is -0.103. The van der Waals surface area contributed by atoms with Crippen LogP contribution in [0.5, 0.6) is 0 Å². The molecule has 3 heterocycles. The first-order chi connectivity index (χ1) is 26.2. The molecule has 2 atom stereocenters. The third-order valence-corrected chi connectivity index (χ3v) is 11.1. The molecule has 1 aliphatic heterocycles. The standard InChI is InChI=1S/C49H33N3O/c1-30-47(35-20-18-31-10-2-4-12-33(31)26-35)50-49(51-48(30)36-21-19-32-11-3-5-13-34(32)27-36)37-22-24-41-42-29-38(23-25-45(42)53-46(41)28-37)52-43-16-8-6-14-39(43)40-15-7-9-17-44(40)52/h2-30,47H,1H3. The lowest BCUT2D eigenvalue weighted by molar-refractivity contribution is 0.592. The van der Waals surface area contributed by atoms with E-state index in [1.165, 1.54) is 48.9 Å². The van der Waals surface area contributed by atoms with Gasteiger partial charge in [0.25, 0.3) is 0 Å². The van der Waals surface area contributed by atoms with Crippen LogP contribution in [0.3, 0.4) is 0 Å². The number of aliphatic imine (C=N–C) groups is 2. The zero-order chi connectivity index (χ0) is 35.0. The monoisotopic (exact) mass is 679 g/mol. The summed E-state index contributed by atoms with van der Waals surface area (Å²) in [7, 11) is 0. The summed E-state index contributed by atoms with van der Waals surface area (Å²) in [6, 6.07) is 60.5. The largest absolute Gasteiger partial charge is 0.456 e. The molecule has 10 aromatic rings. The quantitative estimate of drug-likeness (QED) is 0.183. The fraction of sp³-hybridized carbons (Fsp3) is 0.0612. The summed E-state index contributed by atoms with van der Waals surface area (Å²) in [5.74, 6) is 0.785. The molecule has 4 heteroatoms. The Bertz CT molecular complexity index is 3110. The smallest absolute Gasteiger partial charge is 0.155 e. The molecule has 0 bridgehead atoms. The van der Waals surface area contributed by atoms with Crippen molar-refractivity contribution in [1.82, 2.24) is 4.57 Å². The van der Waals surface area contributed by atoms with Crippen molar-refractivity contribution in [2.75, 3.05) is 0 Å². The molecule has 0 spiro atoms. The van der Waals surface area contributed by atoms with Gasteiger partial charge in [0.15, 0.2) is 5.84 Å². The molecule has 1 aliphatic rings. The fourth-order valence-corrected chi connectivity index (χ4v) is 8.45. The van der Waals surface area contributed by atoms with Crippen molar-refractivity contribution in [2.45, 2.75) is 13.0 Å². The van der Waals surface area contributed by atoms with Gasteiger partial charge in [-0.15, -0.1) is 0 Å². The minimum absolute atomic E-state index is 0.0651. The second-order valence-corrected chi connectivity index (χ2v) is 14.2. The summed E-state index contributed by atoms with van der Waals surface area (Å²) in [6.07, 6.45) is 0. The molecule has 250 valence electrons. The van der Waals surface area contributed by atoms with Crippen LogP contribution in [0.25, 0.3) is 71.0 Å². The molecule has 53 heavy (non-hydrogen) atoms. The van der Waals surface area contributed by atoms with Gasteiger partial charge in [0, 0.05) is 38.7 Å². The van der Waals surface area contributed by atoms with Crippen LogP contribution in [-0.2, 0) is 0 Å². The molecule has 0 N–H and O–H groups in total. The Morgan fingerprint density at radius 3 is 1.89 bits per heavy atom. The van der Waals surface area contributed by atoms with Crippen molar-refractivity contribution in [3.63, 3.8) is 0 Å². The molecule has 8 aromatic carbocycles. The van der Waals surface area contributed by atoms with Gasteiger partial charge in [-0.05, 0) is 87.3 Å². The molecule has 0 amide bonds. The highest BCUT2D eigenvalue weighted by atomic mass is 16.3. The van der Waals surface area contributed by atoms with E-state index in [9.17, 15) is 0 Å². The Balaban J connectivity index is 1.05. The third kappa shape index (κ3) is 4.76. The SMILES string of the molecule is CC1C(c2ccc3ccccc3c2)=NC(c2ccc3c(c2)oc2ccc(-n4c5ccccc5c5ccccc54)cc23)=NC1c1ccc2ccccc2c1. The topological polar surface area (TPSA) is 42.8 Å². The summed E-state index contributed by atoms with van der Waals surface area (Å²) >= 11 is 0. The number of para-hydroxylation sites is 2. The van der Waals surface area contributed by atoms with Crippen LogP contribution in [-0.4, -0.2) is 16.1 Å². The van der Waals surface area contributed by atoms with Gasteiger partial charge >= 0.3 is 0 Å². The van der Waals surface area contributed by atoms with Crippen molar-refractivity contribution < 1.29 is 4.42 Å². The van der Waals surface area contributed by atoms with Crippen molar-refractivity contribution >= 4 is 76.8 Å². The normalized spacial score (nSPS) is 16.2. The predicted octanol–water partition coefficient (Wildman–Crippen LogP) is 12.6.